The molecule has 0 spiro atoms. The first-order valence-corrected chi connectivity index (χ1v) is 6.78. The monoisotopic (exact) mass is 283 g/mol. The van der Waals surface area contributed by atoms with Gasteiger partial charge in [0.05, 0.1) is 6.61 Å². The van der Waals surface area contributed by atoms with Gasteiger partial charge >= 0.3 is 0 Å². The summed E-state index contributed by atoms with van der Waals surface area (Å²) < 4.78 is 5.16. The smallest absolute Gasteiger partial charge is 0.124 e. The molecule has 0 amide bonds. The summed E-state index contributed by atoms with van der Waals surface area (Å²) in [5.74, 6) is 0.0531. The quantitative estimate of drug-likeness (QED) is 0.597. The highest BCUT2D eigenvalue weighted by atomic mass is 35.5. The van der Waals surface area contributed by atoms with Crippen LogP contribution in [0, 0.1) is 5.41 Å². The molecular weight excluding hydrogens is 262 g/mol. The summed E-state index contributed by atoms with van der Waals surface area (Å²) in [5, 5.41) is 8.34. The molecule has 0 aliphatic heterocycles. The lowest BCUT2D eigenvalue weighted by atomic mass is 10.1. The largest absolute Gasteiger partial charge is 0.384 e. The molecule has 1 unspecified atom stereocenters. The highest BCUT2D eigenvalue weighted by Gasteiger charge is 2.18. The van der Waals surface area contributed by atoms with E-state index in [1.54, 1.807) is 19.2 Å². The van der Waals surface area contributed by atoms with E-state index in [4.69, 9.17) is 27.5 Å². The van der Waals surface area contributed by atoms with E-state index in [0.717, 1.165) is 18.7 Å². The standard InChI is InChI=1S/C14H22ClN3O/c1-4-10(2)18(7-8-19-3)13-9-11(15)5-6-12(13)14(16)17/h5-6,9-10H,4,7-8H2,1-3H3,(H3,16,17). The molecule has 0 bridgehead atoms. The number of nitrogens with zero attached hydrogens (tertiary/aromatic N) is 1. The highest BCUT2D eigenvalue weighted by Crippen LogP contribution is 2.27. The molecule has 0 heterocycles. The molecule has 4 nitrogen and oxygen atoms in total. The van der Waals surface area contributed by atoms with Gasteiger partial charge in [-0.05, 0) is 31.5 Å². The minimum atomic E-state index is 0.0531. The Morgan fingerprint density at radius 2 is 2.21 bits per heavy atom. The van der Waals surface area contributed by atoms with Crippen molar-refractivity contribution < 1.29 is 4.74 Å². The molecule has 1 atom stereocenters. The number of halogens is 1. The zero-order chi connectivity index (χ0) is 14.4. The van der Waals surface area contributed by atoms with Gasteiger partial charge in [0.1, 0.15) is 5.84 Å². The first-order chi connectivity index (χ1) is 9.01. The molecule has 1 aromatic rings. The lowest BCUT2D eigenvalue weighted by Gasteiger charge is -2.32. The lowest BCUT2D eigenvalue weighted by Crippen LogP contribution is -2.37. The maximum Gasteiger partial charge on any atom is 0.124 e. The molecule has 0 aliphatic rings. The summed E-state index contributed by atoms with van der Waals surface area (Å²) in [6, 6.07) is 5.74. The van der Waals surface area contributed by atoms with Crippen LogP contribution >= 0.6 is 11.6 Å². The number of hydrogen-bond acceptors (Lipinski definition) is 3. The molecule has 5 heteroatoms. The third-order valence-corrected chi connectivity index (χ3v) is 3.45. The first-order valence-electron chi connectivity index (χ1n) is 6.40. The second-order valence-corrected chi connectivity index (χ2v) is 4.96. The van der Waals surface area contributed by atoms with Crippen molar-refractivity contribution in [3.8, 4) is 0 Å². The normalized spacial score (nSPS) is 12.2. The van der Waals surface area contributed by atoms with Gasteiger partial charge < -0.3 is 15.4 Å². The van der Waals surface area contributed by atoms with Gasteiger partial charge in [-0.15, -0.1) is 0 Å². The fraction of sp³-hybridized carbons (Fsp3) is 0.500. The van der Waals surface area contributed by atoms with Gasteiger partial charge in [-0.2, -0.15) is 0 Å². The van der Waals surface area contributed by atoms with Gasteiger partial charge in [-0.25, -0.2) is 0 Å². The van der Waals surface area contributed by atoms with E-state index in [1.807, 2.05) is 6.07 Å². The number of nitrogens with two attached hydrogens (primary N) is 1. The summed E-state index contributed by atoms with van der Waals surface area (Å²) in [7, 11) is 1.68. The lowest BCUT2D eigenvalue weighted by molar-refractivity contribution is 0.203. The summed E-state index contributed by atoms with van der Waals surface area (Å²) in [6.07, 6.45) is 0.994. The van der Waals surface area contributed by atoms with Gasteiger partial charge in [0.15, 0.2) is 0 Å². The van der Waals surface area contributed by atoms with Crippen molar-refractivity contribution in [1.29, 1.82) is 5.41 Å². The van der Waals surface area contributed by atoms with Crippen molar-refractivity contribution in [2.24, 2.45) is 5.73 Å². The fourth-order valence-electron chi connectivity index (χ4n) is 1.96. The topological polar surface area (TPSA) is 62.3 Å². The number of hydrogen-bond donors (Lipinski definition) is 2. The van der Waals surface area contributed by atoms with Crippen LogP contribution in [0.3, 0.4) is 0 Å². The van der Waals surface area contributed by atoms with Crippen molar-refractivity contribution in [3.05, 3.63) is 28.8 Å². The summed E-state index contributed by atoms with van der Waals surface area (Å²) in [5.41, 5.74) is 7.26. The Labute approximate surface area is 120 Å². The van der Waals surface area contributed by atoms with Crippen LogP contribution in [0.4, 0.5) is 5.69 Å². The van der Waals surface area contributed by atoms with E-state index in [-0.39, 0.29) is 5.84 Å². The maximum absolute atomic E-state index is 7.69. The number of amidine groups is 1. The Bertz CT molecular complexity index is 437. The van der Waals surface area contributed by atoms with E-state index >= 15 is 0 Å². The molecule has 0 aliphatic carbocycles. The van der Waals surface area contributed by atoms with Crippen LogP contribution in [0.1, 0.15) is 25.8 Å². The van der Waals surface area contributed by atoms with Crippen LogP contribution in [0.2, 0.25) is 5.02 Å². The molecule has 19 heavy (non-hydrogen) atoms. The SMILES string of the molecule is CCC(C)N(CCOC)c1cc(Cl)ccc1C(=N)N. The van der Waals surface area contributed by atoms with Crippen LogP contribution < -0.4 is 10.6 Å². The summed E-state index contributed by atoms with van der Waals surface area (Å²) in [6.45, 7) is 5.63. The molecular formula is C14H22ClN3O. The van der Waals surface area contributed by atoms with Crippen molar-refractivity contribution in [1.82, 2.24) is 0 Å². The molecule has 0 saturated carbocycles. The van der Waals surface area contributed by atoms with Gasteiger partial charge in [0.25, 0.3) is 0 Å². The van der Waals surface area contributed by atoms with E-state index < -0.39 is 0 Å². The average molecular weight is 284 g/mol. The molecule has 1 rings (SSSR count). The van der Waals surface area contributed by atoms with E-state index in [2.05, 4.69) is 18.7 Å². The number of benzene rings is 1. The second kappa shape index (κ2) is 7.36. The minimum Gasteiger partial charge on any atom is -0.384 e. The van der Waals surface area contributed by atoms with E-state index in [0.29, 0.717) is 23.2 Å². The molecule has 0 aromatic heterocycles. The maximum atomic E-state index is 7.69. The Morgan fingerprint density at radius 3 is 2.74 bits per heavy atom. The summed E-state index contributed by atoms with van der Waals surface area (Å²) >= 11 is 6.08. The molecule has 0 radical (unpaired) electrons. The first kappa shape index (κ1) is 15.8. The minimum absolute atomic E-state index is 0.0531. The van der Waals surface area contributed by atoms with E-state index in [1.165, 1.54) is 0 Å². The van der Waals surface area contributed by atoms with Crippen LogP contribution in [-0.4, -0.2) is 32.1 Å². The Balaban J connectivity index is 3.19. The zero-order valence-corrected chi connectivity index (χ0v) is 12.5. The Kier molecular flexibility index (Phi) is 6.12. The number of nitrogen functional groups attached to an aromatic ring is 1. The Morgan fingerprint density at radius 1 is 1.53 bits per heavy atom. The molecule has 1 aromatic carbocycles. The van der Waals surface area contributed by atoms with Crippen molar-refractivity contribution >= 4 is 23.1 Å². The number of nitrogens with one attached hydrogen (secondary N) is 1. The van der Waals surface area contributed by atoms with Crippen molar-refractivity contribution in [2.45, 2.75) is 26.3 Å². The number of rotatable bonds is 7. The van der Waals surface area contributed by atoms with Crippen LogP contribution in [0.15, 0.2) is 18.2 Å². The van der Waals surface area contributed by atoms with Gasteiger partial charge in [0, 0.05) is 36.0 Å². The van der Waals surface area contributed by atoms with Gasteiger partial charge in [-0.1, -0.05) is 18.5 Å². The number of ether oxygens (including phenoxy) is 1. The van der Waals surface area contributed by atoms with Crippen LogP contribution in [0.5, 0.6) is 0 Å². The van der Waals surface area contributed by atoms with Crippen LogP contribution in [0.25, 0.3) is 0 Å². The zero-order valence-electron chi connectivity index (χ0n) is 11.7. The molecule has 0 fully saturated rings. The van der Waals surface area contributed by atoms with E-state index in [9.17, 15) is 0 Å². The highest BCUT2D eigenvalue weighted by molar-refractivity contribution is 6.31. The molecule has 106 valence electrons. The van der Waals surface area contributed by atoms with Gasteiger partial charge in [-0.3, -0.25) is 5.41 Å². The second-order valence-electron chi connectivity index (χ2n) is 4.52. The molecule has 3 N–H and O–H groups in total. The third-order valence-electron chi connectivity index (χ3n) is 3.22. The Hall–Kier alpha value is -1.26. The van der Waals surface area contributed by atoms with Crippen LogP contribution in [-0.2, 0) is 4.74 Å². The van der Waals surface area contributed by atoms with Crippen molar-refractivity contribution in [2.75, 3.05) is 25.2 Å². The number of anilines is 1. The van der Waals surface area contributed by atoms with Gasteiger partial charge in [0.2, 0.25) is 0 Å². The fourth-order valence-corrected chi connectivity index (χ4v) is 2.12. The molecule has 0 saturated heterocycles. The number of methoxy groups -OCH3 is 1. The average Bonchev–Trinajstić information content (AvgIpc) is 2.38. The predicted molar refractivity (Wildman–Crippen MR) is 81.4 cm³/mol. The summed E-state index contributed by atoms with van der Waals surface area (Å²) in [4.78, 5) is 2.19. The third kappa shape index (κ3) is 4.11. The predicted octanol–water partition coefficient (Wildman–Crippen LogP) is 2.88. The van der Waals surface area contributed by atoms with Crippen molar-refractivity contribution in [3.63, 3.8) is 0 Å².